The number of benzene rings is 1. The molecule has 9 heteroatoms. The zero-order valence-corrected chi connectivity index (χ0v) is 16.5. The quantitative estimate of drug-likeness (QED) is 0.478. The molecule has 1 aromatic rings. The van der Waals surface area contributed by atoms with E-state index < -0.39 is 10.0 Å². The van der Waals surface area contributed by atoms with Crippen LogP contribution in [0.3, 0.4) is 0 Å². The highest BCUT2D eigenvalue weighted by molar-refractivity contribution is 7.89. The first-order valence-electron chi connectivity index (χ1n) is 9.40. The van der Waals surface area contributed by atoms with E-state index in [9.17, 15) is 8.42 Å². The second-order valence-corrected chi connectivity index (χ2v) is 8.73. The molecular formula is C18H28N4O4S. The van der Waals surface area contributed by atoms with Crippen LogP contribution in [0.4, 0.5) is 5.69 Å². The fourth-order valence-electron chi connectivity index (χ4n) is 2.87. The zero-order valence-electron chi connectivity index (χ0n) is 15.7. The molecule has 150 valence electrons. The summed E-state index contributed by atoms with van der Waals surface area (Å²) in [4.78, 5) is 4.14. The molecule has 1 fully saturated rings. The van der Waals surface area contributed by atoms with E-state index in [0.717, 1.165) is 30.7 Å². The van der Waals surface area contributed by atoms with Gasteiger partial charge in [0.2, 0.25) is 10.0 Å². The lowest BCUT2D eigenvalue weighted by Crippen LogP contribution is -2.39. The van der Waals surface area contributed by atoms with Gasteiger partial charge in [-0.1, -0.05) is 6.42 Å². The van der Waals surface area contributed by atoms with Gasteiger partial charge in [0.1, 0.15) is 0 Å². The van der Waals surface area contributed by atoms with Crippen molar-refractivity contribution in [3.8, 4) is 11.5 Å². The third-order valence-corrected chi connectivity index (χ3v) is 6.06. The van der Waals surface area contributed by atoms with Gasteiger partial charge in [0.25, 0.3) is 0 Å². The maximum absolute atomic E-state index is 12.1. The predicted molar refractivity (Wildman–Crippen MR) is 106 cm³/mol. The number of hydrogen-bond acceptors (Lipinski definition) is 5. The highest BCUT2D eigenvalue weighted by Crippen LogP contribution is 2.32. The van der Waals surface area contributed by atoms with Crippen LogP contribution in [0.5, 0.6) is 11.5 Å². The summed E-state index contributed by atoms with van der Waals surface area (Å²) in [5.41, 5.74) is 0.790. The number of ether oxygens (including phenoxy) is 2. The van der Waals surface area contributed by atoms with Crippen LogP contribution in [0.15, 0.2) is 23.2 Å². The molecule has 3 rings (SSSR count). The van der Waals surface area contributed by atoms with Crippen LogP contribution in [-0.4, -0.2) is 53.5 Å². The highest BCUT2D eigenvalue weighted by Gasteiger charge is 2.20. The average molecular weight is 397 g/mol. The number of hydrogen-bond donors (Lipinski definition) is 3. The fraction of sp³-hybridized carbons (Fsp3) is 0.611. The Balaban J connectivity index is 1.47. The standard InChI is InChI=1S/C18H28N4O4S/c1-19-18(20-8-11-27(23,24)21-13-14-4-2-5-14)22-15-6-7-16-17(12-15)26-10-3-9-25-16/h6-7,12,14,21H,2-5,8-11,13H2,1H3,(H2,19,20,22). The van der Waals surface area contributed by atoms with Crippen molar-refractivity contribution in [3.63, 3.8) is 0 Å². The maximum atomic E-state index is 12.1. The minimum atomic E-state index is -3.28. The Hall–Kier alpha value is -2.00. The van der Waals surface area contributed by atoms with E-state index in [1.54, 1.807) is 7.05 Å². The van der Waals surface area contributed by atoms with E-state index in [2.05, 4.69) is 20.3 Å². The van der Waals surface area contributed by atoms with Gasteiger partial charge in [0.05, 0.1) is 19.0 Å². The van der Waals surface area contributed by atoms with Crippen molar-refractivity contribution in [2.45, 2.75) is 25.7 Å². The Morgan fingerprint density at radius 1 is 1.19 bits per heavy atom. The molecule has 2 aliphatic rings. The molecule has 1 aliphatic carbocycles. The molecule has 0 bridgehead atoms. The normalized spacial score (nSPS) is 17.7. The lowest BCUT2D eigenvalue weighted by atomic mass is 9.86. The lowest BCUT2D eigenvalue weighted by molar-refractivity contribution is 0.297. The molecule has 1 aromatic carbocycles. The van der Waals surface area contributed by atoms with Crippen molar-refractivity contribution >= 4 is 21.7 Å². The van der Waals surface area contributed by atoms with E-state index in [4.69, 9.17) is 9.47 Å². The van der Waals surface area contributed by atoms with Crippen molar-refractivity contribution < 1.29 is 17.9 Å². The molecule has 0 amide bonds. The summed E-state index contributed by atoms with van der Waals surface area (Å²) in [7, 11) is -1.64. The van der Waals surface area contributed by atoms with Gasteiger partial charge in [0, 0.05) is 38.3 Å². The smallest absolute Gasteiger partial charge is 0.213 e. The van der Waals surface area contributed by atoms with E-state index in [0.29, 0.717) is 37.4 Å². The SMILES string of the molecule is CN=C(NCCS(=O)(=O)NCC1CCC1)Nc1ccc2c(c1)OCCCO2. The minimum absolute atomic E-state index is 0.00155. The van der Waals surface area contributed by atoms with Gasteiger partial charge in [-0.15, -0.1) is 0 Å². The third-order valence-electron chi connectivity index (χ3n) is 4.71. The van der Waals surface area contributed by atoms with E-state index in [-0.39, 0.29) is 12.3 Å². The number of fused-ring (bicyclic) bond motifs is 1. The summed E-state index contributed by atoms with van der Waals surface area (Å²) in [5, 5.41) is 6.17. The molecule has 0 unspecified atom stereocenters. The zero-order chi connectivity index (χ0) is 19.1. The molecule has 0 saturated heterocycles. The molecule has 1 heterocycles. The second-order valence-electron chi connectivity index (χ2n) is 6.80. The Kier molecular flexibility index (Phi) is 6.78. The average Bonchev–Trinajstić information content (AvgIpc) is 2.84. The van der Waals surface area contributed by atoms with Gasteiger partial charge in [0.15, 0.2) is 17.5 Å². The molecule has 3 N–H and O–H groups in total. The van der Waals surface area contributed by atoms with Crippen molar-refractivity contribution in [2.24, 2.45) is 10.9 Å². The predicted octanol–water partition coefficient (Wildman–Crippen LogP) is 1.55. The van der Waals surface area contributed by atoms with Crippen LogP contribution in [0.2, 0.25) is 0 Å². The van der Waals surface area contributed by atoms with Gasteiger partial charge in [-0.05, 0) is 30.9 Å². The fourth-order valence-corrected chi connectivity index (χ4v) is 3.88. The van der Waals surface area contributed by atoms with Crippen molar-refractivity contribution in [1.82, 2.24) is 10.0 Å². The van der Waals surface area contributed by atoms with Crippen LogP contribution in [-0.2, 0) is 10.0 Å². The van der Waals surface area contributed by atoms with Crippen LogP contribution >= 0.6 is 0 Å². The Bertz CT molecular complexity index is 763. The number of sulfonamides is 1. The monoisotopic (exact) mass is 396 g/mol. The number of guanidine groups is 1. The van der Waals surface area contributed by atoms with Crippen LogP contribution < -0.4 is 24.8 Å². The van der Waals surface area contributed by atoms with Crippen LogP contribution in [0.25, 0.3) is 0 Å². The number of aliphatic imine (C=N–C) groups is 1. The molecular weight excluding hydrogens is 368 g/mol. The second kappa shape index (κ2) is 9.27. The van der Waals surface area contributed by atoms with Crippen LogP contribution in [0, 0.1) is 5.92 Å². The molecule has 0 aromatic heterocycles. The van der Waals surface area contributed by atoms with Crippen molar-refractivity contribution in [2.75, 3.05) is 44.4 Å². The summed E-state index contributed by atoms with van der Waals surface area (Å²) >= 11 is 0. The molecule has 1 saturated carbocycles. The number of nitrogens with one attached hydrogen (secondary N) is 3. The first-order chi connectivity index (χ1) is 13.1. The Labute approximate surface area is 160 Å². The van der Waals surface area contributed by atoms with Gasteiger partial charge in [-0.3, -0.25) is 4.99 Å². The largest absolute Gasteiger partial charge is 0.490 e. The number of nitrogens with zero attached hydrogens (tertiary/aromatic N) is 1. The molecule has 0 spiro atoms. The lowest BCUT2D eigenvalue weighted by Gasteiger charge is -2.25. The number of rotatable bonds is 7. The molecule has 0 radical (unpaired) electrons. The van der Waals surface area contributed by atoms with E-state index in [1.165, 1.54) is 6.42 Å². The van der Waals surface area contributed by atoms with Gasteiger partial charge >= 0.3 is 0 Å². The summed E-state index contributed by atoms with van der Waals surface area (Å²) < 4.78 is 38.1. The van der Waals surface area contributed by atoms with Crippen molar-refractivity contribution in [3.05, 3.63) is 18.2 Å². The summed E-state index contributed by atoms with van der Waals surface area (Å²) in [6.07, 6.45) is 4.29. The Morgan fingerprint density at radius 2 is 1.96 bits per heavy atom. The Morgan fingerprint density at radius 3 is 2.67 bits per heavy atom. The van der Waals surface area contributed by atoms with E-state index >= 15 is 0 Å². The van der Waals surface area contributed by atoms with Crippen LogP contribution in [0.1, 0.15) is 25.7 Å². The highest BCUT2D eigenvalue weighted by atomic mass is 32.2. The molecule has 0 atom stereocenters. The van der Waals surface area contributed by atoms with Gasteiger partial charge in [-0.2, -0.15) is 0 Å². The van der Waals surface area contributed by atoms with Crippen molar-refractivity contribution in [1.29, 1.82) is 0 Å². The molecule has 8 nitrogen and oxygen atoms in total. The minimum Gasteiger partial charge on any atom is -0.490 e. The summed E-state index contributed by atoms with van der Waals surface area (Å²) in [6, 6.07) is 5.58. The first-order valence-corrected chi connectivity index (χ1v) is 11.1. The van der Waals surface area contributed by atoms with Gasteiger partial charge < -0.3 is 20.1 Å². The molecule has 27 heavy (non-hydrogen) atoms. The summed E-state index contributed by atoms with van der Waals surface area (Å²) in [5.74, 6) is 2.42. The first kappa shape index (κ1) is 19.8. The maximum Gasteiger partial charge on any atom is 0.213 e. The summed E-state index contributed by atoms with van der Waals surface area (Å²) in [6.45, 7) is 2.08. The van der Waals surface area contributed by atoms with E-state index in [1.807, 2.05) is 18.2 Å². The third kappa shape index (κ3) is 6.00. The molecule has 1 aliphatic heterocycles. The van der Waals surface area contributed by atoms with Gasteiger partial charge in [-0.25, -0.2) is 13.1 Å². The topological polar surface area (TPSA) is 101 Å². The number of anilines is 1.